The van der Waals surface area contributed by atoms with Crippen LogP contribution < -0.4 is 0 Å². The fourth-order valence-corrected chi connectivity index (χ4v) is 2.38. The Morgan fingerprint density at radius 3 is 2.15 bits per heavy atom. The minimum Gasteiger partial charge on any atom is -0.378 e. The molecule has 0 aliphatic heterocycles. The molecule has 0 saturated heterocycles. The number of ketones is 2. The highest BCUT2D eigenvalue weighted by Gasteiger charge is 2.29. The molecule has 0 unspecified atom stereocenters. The normalized spacial score (nSPS) is 14.9. The molecular formula is C16H16ClNO2. The second-order valence-electron chi connectivity index (χ2n) is 4.47. The lowest BCUT2D eigenvalue weighted by Crippen LogP contribution is -2.20. The number of nitrogens with zero attached hydrogens (tertiary/aromatic N) is 1. The molecule has 1 aliphatic rings. The predicted octanol–water partition coefficient (Wildman–Crippen LogP) is 3.41. The molecule has 0 amide bonds. The second-order valence-corrected chi connectivity index (χ2v) is 4.85. The molecule has 0 N–H and O–H groups in total. The van der Waals surface area contributed by atoms with Crippen molar-refractivity contribution < 1.29 is 9.59 Å². The van der Waals surface area contributed by atoms with Crippen LogP contribution in [0.1, 0.15) is 34.6 Å². The number of benzene rings is 1. The molecule has 0 saturated carbocycles. The summed E-state index contributed by atoms with van der Waals surface area (Å²) in [6, 6.07) is 6.76. The molecule has 0 spiro atoms. The molecule has 0 bridgehead atoms. The number of allylic oxidation sites excluding steroid dienone is 3. The fourth-order valence-electron chi connectivity index (χ4n) is 2.13. The van der Waals surface area contributed by atoms with E-state index >= 15 is 0 Å². The smallest absolute Gasteiger partial charge is 0.205 e. The lowest BCUT2D eigenvalue weighted by Gasteiger charge is -2.18. The third-order valence-corrected chi connectivity index (χ3v) is 3.74. The van der Waals surface area contributed by atoms with Gasteiger partial charge >= 0.3 is 0 Å². The van der Waals surface area contributed by atoms with Gasteiger partial charge in [0.2, 0.25) is 5.78 Å². The Bertz CT molecular complexity index is 613. The van der Waals surface area contributed by atoms with E-state index in [2.05, 4.69) is 0 Å². The van der Waals surface area contributed by atoms with Gasteiger partial charge in [-0.05, 0) is 26.1 Å². The van der Waals surface area contributed by atoms with Gasteiger partial charge in [-0.2, -0.15) is 0 Å². The molecule has 0 aromatic heterocycles. The molecule has 3 nitrogen and oxygen atoms in total. The zero-order valence-electron chi connectivity index (χ0n) is 11.5. The largest absolute Gasteiger partial charge is 0.378 e. The van der Waals surface area contributed by atoms with Gasteiger partial charge in [0.1, 0.15) is 0 Å². The maximum absolute atomic E-state index is 12.4. The van der Waals surface area contributed by atoms with Crippen LogP contribution in [0.5, 0.6) is 0 Å². The lowest BCUT2D eigenvalue weighted by atomic mass is 9.89. The maximum atomic E-state index is 12.4. The number of fused-ring (bicyclic) bond motifs is 1. The van der Waals surface area contributed by atoms with Crippen LogP contribution in [0.15, 0.2) is 47.1 Å². The van der Waals surface area contributed by atoms with Gasteiger partial charge in [0.05, 0.1) is 5.03 Å². The molecule has 0 radical (unpaired) electrons. The van der Waals surface area contributed by atoms with E-state index in [1.54, 1.807) is 36.5 Å². The first-order valence-corrected chi connectivity index (χ1v) is 6.98. The van der Waals surface area contributed by atoms with Gasteiger partial charge in [0.25, 0.3) is 0 Å². The SMILES string of the molecule is CCN(/C=C/C1=C(Cl)C(=O)c2ccccc2C1=O)CC. The number of rotatable bonds is 4. The Kier molecular flexibility index (Phi) is 4.40. The van der Waals surface area contributed by atoms with Crippen LogP contribution in [-0.2, 0) is 0 Å². The first kappa shape index (κ1) is 14.5. The van der Waals surface area contributed by atoms with E-state index in [0.29, 0.717) is 11.1 Å². The zero-order chi connectivity index (χ0) is 14.7. The van der Waals surface area contributed by atoms with Crippen molar-refractivity contribution in [1.29, 1.82) is 0 Å². The van der Waals surface area contributed by atoms with Crippen LogP contribution >= 0.6 is 11.6 Å². The summed E-state index contributed by atoms with van der Waals surface area (Å²) in [4.78, 5) is 26.6. The summed E-state index contributed by atoms with van der Waals surface area (Å²) in [5.41, 5.74) is 1.06. The molecule has 1 aromatic carbocycles. The van der Waals surface area contributed by atoms with E-state index in [0.717, 1.165) is 13.1 Å². The van der Waals surface area contributed by atoms with Crippen molar-refractivity contribution in [3.8, 4) is 0 Å². The second kappa shape index (κ2) is 6.06. The van der Waals surface area contributed by atoms with Crippen molar-refractivity contribution in [2.45, 2.75) is 13.8 Å². The van der Waals surface area contributed by atoms with Gasteiger partial charge in [-0.15, -0.1) is 0 Å². The Balaban J connectivity index is 2.42. The summed E-state index contributed by atoms with van der Waals surface area (Å²) in [6.07, 6.45) is 3.43. The van der Waals surface area contributed by atoms with Gasteiger partial charge in [0.15, 0.2) is 5.78 Å². The number of hydrogen-bond acceptors (Lipinski definition) is 3. The summed E-state index contributed by atoms with van der Waals surface area (Å²) in [7, 11) is 0. The molecule has 20 heavy (non-hydrogen) atoms. The third-order valence-electron chi connectivity index (χ3n) is 3.36. The number of carbonyl (C=O) groups excluding carboxylic acids is 2. The first-order valence-electron chi connectivity index (χ1n) is 6.60. The van der Waals surface area contributed by atoms with Gasteiger partial charge in [-0.25, -0.2) is 0 Å². The summed E-state index contributed by atoms with van der Waals surface area (Å²) in [5.74, 6) is -0.491. The molecule has 2 rings (SSSR count). The van der Waals surface area contributed by atoms with Crippen LogP contribution in [0.2, 0.25) is 0 Å². The van der Waals surface area contributed by atoms with E-state index < -0.39 is 0 Å². The summed E-state index contributed by atoms with van der Waals surface area (Å²) >= 11 is 6.07. The lowest BCUT2D eigenvalue weighted by molar-refractivity contribution is 0.0983. The Morgan fingerprint density at radius 1 is 1.05 bits per heavy atom. The summed E-state index contributed by atoms with van der Waals surface area (Å²) < 4.78 is 0. The Labute approximate surface area is 123 Å². The van der Waals surface area contributed by atoms with Crippen molar-refractivity contribution in [1.82, 2.24) is 4.90 Å². The Morgan fingerprint density at radius 2 is 1.60 bits per heavy atom. The van der Waals surface area contributed by atoms with Crippen LogP contribution in [0.3, 0.4) is 0 Å². The highest BCUT2D eigenvalue weighted by atomic mass is 35.5. The zero-order valence-corrected chi connectivity index (χ0v) is 12.3. The number of Topliss-reactive ketones (excluding diaryl/α,β-unsaturated/α-hetero) is 2. The monoisotopic (exact) mass is 289 g/mol. The van der Waals surface area contributed by atoms with Gasteiger partial charge in [-0.1, -0.05) is 35.9 Å². The van der Waals surface area contributed by atoms with Crippen molar-refractivity contribution in [2.24, 2.45) is 0 Å². The van der Waals surface area contributed by atoms with Crippen LogP contribution in [0.25, 0.3) is 0 Å². The topological polar surface area (TPSA) is 37.4 Å². The molecule has 0 heterocycles. The van der Waals surface area contributed by atoms with Gasteiger partial charge in [-0.3, -0.25) is 9.59 Å². The van der Waals surface area contributed by atoms with Crippen LogP contribution in [0.4, 0.5) is 0 Å². The molecule has 1 aliphatic carbocycles. The predicted molar refractivity (Wildman–Crippen MR) is 80.0 cm³/mol. The van der Waals surface area contributed by atoms with E-state index in [1.807, 2.05) is 18.7 Å². The van der Waals surface area contributed by atoms with E-state index in [9.17, 15) is 9.59 Å². The highest BCUT2D eigenvalue weighted by Crippen LogP contribution is 2.29. The van der Waals surface area contributed by atoms with Crippen molar-refractivity contribution in [3.63, 3.8) is 0 Å². The standard InChI is InChI=1S/C16H16ClNO2/c1-3-18(4-2)10-9-13-14(17)16(20)12-8-6-5-7-11(12)15(13)19/h5-10H,3-4H2,1-2H3/b10-9+. The third kappa shape index (κ3) is 2.54. The quantitative estimate of drug-likeness (QED) is 0.852. The first-order chi connectivity index (χ1) is 9.60. The molecule has 1 aromatic rings. The number of hydrogen-bond donors (Lipinski definition) is 0. The molecule has 0 fully saturated rings. The number of halogens is 1. The van der Waals surface area contributed by atoms with Crippen molar-refractivity contribution in [3.05, 3.63) is 58.3 Å². The molecule has 0 atom stereocenters. The van der Waals surface area contributed by atoms with E-state index in [4.69, 9.17) is 11.6 Å². The van der Waals surface area contributed by atoms with Crippen molar-refractivity contribution >= 4 is 23.2 Å². The average molecular weight is 290 g/mol. The summed E-state index contributed by atoms with van der Waals surface area (Å²) in [5, 5.41) is -0.00268. The van der Waals surface area contributed by atoms with E-state index in [1.165, 1.54) is 0 Å². The number of carbonyl (C=O) groups is 2. The van der Waals surface area contributed by atoms with Gasteiger partial charge < -0.3 is 4.90 Å². The Hall–Kier alpha value is -1.87. The fraction of sp³-hybridized carbons (Fsp3) is 0.250. The van der Waals surface area contributed by atoms with E-state index in [-0.39, 0.29) is 22.2 Å². The maximum Gasteiger partial charge on any atom is 0.205 e. The van der Waals surface area contributed by atoms with Crippen molar-refractivity contribution in [2.75, 3.05) is 13.1 Å². The molecular weight excluding hydrogens is 274 g/mol. The van der Waals surface area contributed by atoms with Gasteiger partial charge in [0, 0.05) is 29.8 Å². The average Bonchev–Trinajstić information content (AvgIpc) is 2.49. The van der Waals surface area contributed by atoms with Crippen LogP contribution in [-0.4, -0.2) is 29.6 Å². The minimum absolute atomic E-state index is 0.00268. The highest BCUT2D eigenvalue weighted by molar-refractivity contribution is 6.50. The minimum atomic E-state index is -0.291. The molecule has 4 heteroatoms. The van der Waals surface area contributed by atoms with Crippen LogP contribution in [0, 0.1) is 0 Å². The molecule has 104 valence electrons. The summed E-state index contributed by atoms with van der Waals surface area (Å²) in [6.45, 7) is 5.70.